The number of phenols is 1. The molecule has 7 rings (SSSR count). The molecule has 1 spiro atoms. The Bertz CT molecular complexity index is 1200. The Kier molecular flexibility index (Phi) is 4.53. The summed E-state index contributed by atoms with van der Waals surface area (Å²) in [6, 6.07) is 5.38. The number of ether oxygens (including phenoxy) is 1. The average molecular weight is 477 g/mol. The van der Waals surface area contributed by atoms with Gasteiger partial charge in [0.15, 0.2) is 11.5 Å². The Balaban J connectivity index is 1.28. The van der Waals surface area contributed by atoms with Crippen LogP contribution >= 0.6 is 0 Å². The summed E-state index contributed by atoms with van der Waals surface area (Å²) < 4.78 is 11.7. The topological polar surface area (TPSA) is 86.4 Å². The lowest BCUT2D eigenvalue weighted by atomic mass is 9.48. The van der Waals surface area contributed by atoms with E-state index >= 15 is 0 Å². The fourth-order valence-corrected chi connectivity index (χ4v) is 7.67. The Morgan fingerprint density at radius 1 is 1.26 bits per heavy atom. The minimum absolute atomic E-state index is 0.0360. The summed E-state index contributed by atoms with van der Waals surface area (Å²) in [6.45, 7) is 1.96. The number of aliphatic hydroxyl groups is 1. The van der Waals surface area contributed by atoms with Crippen LogP contribution in [0.5, 0.6) is 11.5 Å². The van der Waals surface area contributed by atoms with Gasteiger partial charge in [0.2, 0.25) is 5.91 Å². The Labute approximate surface area is 205 Å². The van der Waals surface area contributed by atoms with Crippen LogP contribution in [0.4, 0.5) is 0 Å². The molecule has 1 aromatic heterocycles. The third kappa shape index (κ3) is 2.88. The van der Waals surface area contributed by atoms with Gasteiger partial charge in [-0.3, -0.25) is 9.69 Å². The van der Waals surface area contributed by atoms with E-state index in [1.807, 2.05) is 19.2 Å². The van der Waals surface area contributed by atoms with Gasteiger partial charge in [-0.1, -0.05) is 6.07 Å². The zero-order chi connectivity index (χ0) is 23.9. The third-order valence-electron chi connectivity index (χ3n) is 9.54. The number of piperidine rings is 1. The zero-order valence-electron chi connectivity index (χ0n) is 20.0. The van der Waals surface area contributed by atoms with Crippen molar-refractivity contribution in [3.63, 3.8) is 0 Å². The second-order valence-corrected chi connectivity index (χ2v) is 11.2. The number of likely N-dealkylation sites (tertiary alicyclic amines) is 1. The molecule has 7 nitrogen and oxygen atoms in total. The first-order valence-corrected chi connectivity index (χ1v) is 12.9. The van der Waals surface area contributed by atoms with Crippen molar-refractivity contribution < 1.29 is 24.2 Å². The SMILES string of the molecule is CN(C(=O)/C=C/c1ccoc1)[C@@H]1CCC2(O)C3Cc4ccc(O)c5c4[C@@]2(CCN3CC2CC2)[C@@H]1O5. The van der Waals surface area contributed by atoms with Gasteiger partial charge < -0.3 is 24.3 Å². The van der Waals surface area contributed by atoms with Crippen molar-refractivity contribution in [2.24, 2.45) is 5.92 Å². The van der Waals surface area contributed by atoms with Crippen molar-refractivity contribution in [1.82, 2.24) is 9.80 Å². The maximum atomic E-state index is 13.2. The summed E-state index contributed by atoms with van der Waals surface area (Å²) in [5, 5.41) is 23.3. The molecular formula is C28H32N2O5. The molecular weight excluding hydrogens is 444 g/mol. The number of benzene rings is 1. The van der Waals surface area contributed by atoms with Gasteiger partial charge in [-0.15, -0.1) is 0 Å². The minimum atomic E-state index is -0.941. The number of nitrogens with zero attached hydrogens (tertiary/aromatic N) is 2. The van der Waals surface area contributed by atoms with Crippen molar-refractivity contribution in [1.29, 1.82) is 0 Å². The number of aromatic hydroxyl groups is 1. The number of likely N-dealkylation sites (N-methyl/N-ethyl adjacent to an activating group) is 1. The Hall–Kier alpha value is -2.77. The highest BCUT2D eigenvalue weighted by atomic mass is 16.5. The second kappa shape index (κ2) is 7.37. The summed E-state index contributed by atoms with van der Waals surface area (Å²) in [4.78, 5) is 17.5. The van der Waals surface area contributed by atoms with Crippen LogP contribution in [0.2, 0.25) is 0 Å². The third-order valence-corrected chi connectivity index (χ3v) is 9.54. The van der Waals surface area contributed by atoms with E-state index in [1.54, 1.807) is 35.6 Å². The summed E-state index contributed by atoms with van der Waals surface area (Å²) >= 11 is 0. The first-order chi connectivity index (χ1) is 16.9. The van der Waals surface area contributed by atoms with Gasteiger partial charge in [0, 0.05) is 36.8 Å². The minimum Gasteiger partial charge on any atom is -0.504 e. The summed E-state index contributed by atoms with van der Waals surface area (Å²) in [5.41, 5.74) is 1.44. The van der Waals surface area contributed by atoms with Crippen LogP contribution < -0.4 is 4.74 Å². The van der Waals surface area contributed by atoms with E-state index in [4.69, 9.17) is 9.15 Å². The van der Waals surface area contributed by atoms with E-state index in [0.29, 0.717) is 18.6 Å². The smallest absolute Gasteiger partial charge is 0.246 e. The number of hydrogen-bond donors (Lipinski definition) is 2. The highest BCUT2D eigenvalue weighted by molar-refractivity contribution is 5.91. The van der Waals surface area contributed by atoms with E-state index in [-0.39, 0.29) is 23.7 Å². The fourth-order valence-electron chi connectivity index (χ4n) is 7.67. The molecule has 5 atom stereocenters. The number of amides is 1. The Morgan fingerprint density at radius 3 is 2.89 bits per heavy atom. The molecule has 35 heavy (non-hydrogen) atoms. The molecule has 1 saturated heterocycles. The molecule has 2 N–H and O–H groups in total. The summed E-state index contributed by atoms with van der Waals surface area (Å²) in [5.74, 6) is 1.28. The molecule has 2 aromatic rings. The number of hydrogen-bond acceptors (Lipinski definition) is 6. The zero-order valence-corrected chi connectivity index (χ0v) is 20.0. The van der Waals surface area contributed by atoms with Gasteiger partial charge in [0.1, 0.15) is 6.10 Å². The predicted octanol–water partition coefficient (Wildman–Crippen LogP) is 3.09. The molecule has 3 fully saturated rings. The van der Waals surface area contributed by atoms with Gasteiger partial charge in [-0.2, -0.15) is 0 Å². The fraction of sp³-hybridized carbons (Fsp3) is 0.536. The predicted molar refractivity (Wildman–Crippen MR) is 129 cm³/mol. The molecule has 2 aliphatic heterocycles. The van der Waals surface area contributed by atoms with Gasteiger partial charge in [0.25, 0.3) is 0 Å². The van der Waals surface area contributed by atoms with E-state index in [1.165, 1.54) is 18.4 Å². The maximum Gasteiger partial charge on any atom is 0.246 e. The molecule has 7 heteroatoms. The Morgan fingerprint density at radius 2 is 2.11 bits per heavy atom. The number of phenolic OH excluding ortho intramolecular Hbond substituents is 1. The monoisotopic (exact) mass is 476 g/mol. The normalized spacial score (nSPS) is 35.1. The van der Waals surface area contributed by atoms with E-state index in [2.05, 4.69) is 4.90 Å². The standard InChI is InChI=1S/C28H32N2O5/c1-29(23(32)7-4-18-9-13-34-16-18)20-8-10-28(33)22-14-19-5-6-21(31)25-24(19)27(28,26(20)35-25)11-12-30(22)15-17-2-3-17/h4-7,9,13,16-17,20,22,26,31,33H,2-3,8,10-12,14-15H2,1H3/b7-4+/t20-,22?,26-,27+,28?/m1/s1. The number of carbonyl (C=O) groups is 1. The molecule has 0 radical (unpaired) electrons. The lowest BCUT2D eigenvalue weighted by molar-refractivity contribution is -0.200. The molecule has 1 aromatic carbocycles. The van der Waals surface area contributed by atoms with Gasteiger partial charge in [0.05, 0.1) is 29.6 Å². The molecule has 3 aliphatic carbocycles. The lowest BCUT2D eigenvalue weighted by Gasteiger charge is -2.64. The molecule has 2 unspecified atom stereocenters. The van der Waals surface area contributed by atoms with Crippen molar-refractivity contribution in [3.8, 4) is 11.5 Å². The lowest BCUT2D eigenvalue weighted by Crippen LogP contribution is -2.78. The van der Waals surface area contributed by atoms with Crippen LogP contribution in [0, 0.1) is 5.92 Å². The van der Waals surface area contributed by atoms with Crippen LogP contribution in [-0.2, 0) is 16.6 Å². The highest BCUT2D eigenvalue weighted by Gasteiger charge is 2.73. The van der Waals surface area contributed by atoms with Gasteiger partial charge in [-0.05, 0) is 74.8 Å². The quantitative estimate of drug-likeness (QED) is 0.645. The van der Waals surface area contributed by atoms with Crippen LogP contribution in [0.1, 0.15) is 48.8 Å². The molecule has 2 saturated carbocycles. The first-order valence-electron chi connectivity index (χ1n) is 12.9. The van der Waals surface area contributed by atoms with Crippen LogP contribution in [0.25, 0.3) is 6.08 Å². The molecule has 2 bridgehead atoms. The first kappa shape index (κ1) is 21.5. The van der Waals surface area contributed by atoms with Crippen LogP contribution in [0.3, 0.4) is 0 Å². The van der Waals surface area contributed by atoms with Crippen molar-refractivity contribution in [2.45, 2.75) is 67.7 Å². The van der Waals surface area contributed by atoms with Gasteiger partial charge in [-0.25, -0.2) is 0 Å². The van der Waals surface area contributed by atoms with Crippen molar-refractivity contribution in [2.75, 3.05) is 20.1 Å². The molecule has 1 amide bonds. The van der Waals surface area contributed by atoms with E-state index in [0.717, 1.165) is 43.0 Å². The highest BCUT2D eigenvalue weighted by Crippen LogP contribution is 2.66. The van der Waals surface area contributed by atoms with E-state index in [9.17, 15) is 15.0 Å². The van der Waals surface area contributed by atoms with Crippen LogP contribution in [-0.4, -0.2) is 69.8 Å². The average Bonchev–Trinajstić information content (AvgIpc) is 3.36. The molecule has 3 heterocycles. The number of rotatable bonds is 5. The number of furan rings is 1. The molecule has 184 valence electrons. The second-order valence-electron chi connectivity index (χ2n) is 11.2. The summed E-state index contributed by atoms with van der Waals surface area (Å²) in [7, 11) is 1.82. The van der Waals surface area contributed by atoms with Crippen molar-refractivity contribution >= 4 is 12.0 Å². The van der Waals surface area contributed by atoms with Crippen LogP contribution in [0.15, 0.2) is 41.2 Å². The maximum absolute atomic E-state index is 13.2. The van der Waals surface area contributed by atoms with Gasteiger partial charge >= 0.3 is 0 Å². The molecule has 5 aliphatic rings. The number of carbonyl (C=O) groups excluding carboxylic acids is 1. The van der Waals surface area contributed by atoms with Crippen molar-refractivity contribution in [3.05, 3.63) is 53.5 Å². The van der Waals surface area contributed by atoms with E-state index < -0.39 is 17.1 Å². The largest absolute Gasteiger partial charge is 0.504 e. The summed E-state index contributed by atoms with van der Waals surface area (Å²) in [6.07, 6.45) is 11.5.